The molecule has 0 aliphatic heterocycles. The first-order valence-corrected chi connectivity index (χ1v) is 7.09. The van der Waals surface area contributed by atoms with Gasteiger partial charge in [0.05, 0.1) is 6.10 Å². The quantitative estimate of drug-likeness (QED) is 0.867. The topological polar surface area (TPSA) is 29.5 Å². The van der Waals surface area contributed by atoms with Gasteiger partial charge in [0.25, 0.3) is 0 Å². The molecule has 2 aromatic carbocycles. The molecule has 1 unspecified atom stereocenters. The summed E-state index contributed by atoms with van der Waals surface area (Å²) < 4.78 is 5.80. The fourth-order valence-corrected chi connectivity index (χ4v) is 2.44. The predicted octanol–water partition coefficient (Wildman–Crippen LogP) is 4.93. The van der Waals surface area contributed by atoms with Crippen molar-refractivity contribution in [1.29, 1.82) is 0 Å². The average molecular weight is 311 g/mol. The Hall–Kier alpha value is -1.22. The van der Waals surface area contributed by atoms with Gasteiger partial charge < -0.3 is 9.84 Å². The smallest absolute Gasteiger partial charge is 0.125 e. The molecule has 4 heteroatoms. The Morgan fingerprint density at radius 3 is 2.40 bits per heavy atom. The molecular formula is C16H16Cl2O2. The van der Waals surface area contributed by atoms with Crippen molar-refractivity contribution in [3.8, 4) is 5.75 Å². The van der Waals surface area contributed by atoms with E-state index in [1.54, 1.807) is 25.1 Å². The van der Waals surface area contributed by atoms with Crippen LogP contribution in [-0.2, 0) is 6.61 Å². The fraction of sp³-hybridized carbons (Fsp3) is 0.250. The molecule has 0 aliphatic rings. The van der Waals surface area contributed by atoms with Gasteiger partial charge in [-0.3, -0.25) is 0 Å². The molecule has 0 saturated carbocycles. The van der Waals surface area contributed by atoms with E-state index in [0.29, 0.717) is 15.8 Å². The molecule has 1 N–H and O–H groups in total. The van der Waals surface area contributed by atoms with E-state index >= 15 is 0 Å². The summed E-state index contributed by atoms with van der Waals surface area (Å²) in [7, 11) is 0. The van der Waals surface area contributed by atoms with E-state index in [9.17, 15) is 5.11 Å². The maximum atomic E-state index is 9.77. The lowest BCUT2D eigenvalue weighted by atomic mass is 10.1. The lowest BCUT2D eigenvalue weighted by Crippen LogP contribution is -2.02. The molecule has 1 atom stereocenters. The van der Waals surface area contributed by atoms with E-state index in [-0.39, 0.29) is 6.61 Å². The molecule has 0 bridgehead atoms. The van der Waals surface area contributed by atoms with Crippen LogP contribution in [0.4, 0.5) is 0 Å². The van der Waals surface area contributed by atoms with Gasteiger partial charge in [-0.2, -0.15) is 0 Å². The van der Waals surface area contributed by atoms with E-state index in [0.717, 1.165) is 16.7 Å². The third-order valence-corrected chi connectivity index (χ3v) is 3.76. The molecule has 0 heterocycles. The number of halogens is 2. The number of hydrogen-bond donors (Lipinski definition) is 1. The zero-order valence-electron chi connectivity index (χ0n) is 11.4. The van der Waals surface area contributed by atoms with Crippen LogP contribution in [0.5, 0.6) is 5.75 Å². The molecule has 2 aromatic rings. The van der Waals surface area contributed by atoms with Crippen LogP contribution in [0.25, 0.3) is 0 Å². The molecule has 0 aromatic heterocycles. The highest BCUT2D eigenvalue weighted by atomic mass is 35.5. The standard InChI is InChI=1S/C16H16Cl2O2/c1-10-6-7-12(11(2)19)16(8-10)20-9-13-14(17)4-3-5-15(13)18/h3-8,11,19H,9H2,1-2H3. The first kappa shape index (κ1) is 15.2. The molecule has 2 nitrogen and oxygen atoms in total. The summed E-state index contributed by atoms with van der Waals surface area (Å²) in [6, 6.07) is 11.0. The summed E-state index contributed by atoms with van der Waals surface area (Å²) in [4.78, 5) is 0. The Morgan fingerprint density at radius 2 is 1.80 bits per heavy atom. The van der Waals surface area contributed by atoms with Gasteiger partial charge in [0.2, 0.25) is 0 Å². The number of benzene rings is 2. The summed E-state index contributed by atoms with van der Waals surface area (Å²) >= 11 is 12.2. The van der Waals surface area contributed by atoms with Crippen molar-refractivity contribution in [2.75, 3.05) is 0 Å². The van der Waals surface area contributed by atoms with Crippen molar-refractivity contribution in [2.24, 2.45) is 0 Å². The van der Waals surface area contributed by atoms with E-state index in [4.69, 9.17) is 27.9 Å². The molecule has 20 heavy (non-hydrogen) atoms. The molecular weight excluding hydrogens is 295 g/mol. The third kappa shape index (κ3) is 3.45. The minimum Gasteiger partial charge on any atom is -0.488 e. The number of ether oxygens (including phenoxy) is 1. The maximum Gasteiger partial charge on any atom is 0.125 e. The van der Waals surface area contributed by atoms with Crippen LogP contribution in [-0.4, -0.2) is 5.11 Å². The first-order chi connectivity index (χ1) is 9.49. The van der Waals surface area contributed by atoms with Crippen LogP contribution in [0, 0.1) is 6.92 Å². The summed E-state index contributed by atoms with van der Waals surface area (Å²) in [5.74, 6) is 0.649. The summed E-state index contributed by atoms with van der Waals surface area (Å²) in [6.45, 7) is 3.95. The molecule has 0 spiro atoms. The molecule has 0 aliphatic carbocycles. The largest absolute Gasteiger partial charge is 0.488 e. The highest BCUT2D eigenvalue weighted by Crippen LogP contribution is 2.30. The number of aryl methyl sites for hydroxylation is 1. The monoisotopic (exact) mass is 310 g/mol. The fourth-order valence-electron chi connectivity index (χ4n) is 1.93. The van der Waals surface area contributed by atoms with Crippen molar-refractivity contribution in [3.63, 3.8) is 0 Å². The molecule has 0 saturated heterocycles. The highest BCUT2D eigenvalue weighted by molar-refractivity contribution is 6.35. The second kappa shape index (κ2) is 6.49. The van der Waals surface area contributed by atoms with E-state index in [1.807, 2.05) is 25.1 Å². The predicted molar refractivity (Wildman–Crippen MR) is 82.6 cm³/mol. The van der Waals surface area contributed by atoms with Gasteiger partial charge in [-0.1, -0.05) is 41.4 Å². The minimum absolute atomic E-state index is 0.266. The van der Waals surface area contributed by atoms with Crippen molar-refractivity contribution in [1.82, 2.24) is 0 Å². The van der Waals surface area contributed by atoms with Gasteiger partial charge in [-0.15, -0.1) is 0 Å². The highest BCUT2D eigenvalue weighted by Gasteiger charge is 2.11. The number of rotatable bonds is 4. The lowest BCUT2D eigenvalue weighted by Gasteiger charge is -2.15. The molecule has 2 rings (SSSR count). The molecule has 0 amide bonds. The molecule has 0 radical (unpaired) electrons. The van der Waals surface area contributed by atoms with E-state index in [1.165, 1.54) is 0 Å². The van der Waals surface area contributed by atoms with Crippen molar-refractivity contribution >= 4 is 23.2 Å². The van der Waals surface area contributed by atoms with Crippen LogP contribution in [0.2, 0.25) is 10.0 Å². The number of aliphatic hydroxyl groups is 1. The minimum atomic E-state index is -0.590. The number of hydrogen-bond acceptors (Lipinski definition) is 2. The summed E-state index contributed by atoms with van der Waals surface area (Å²) in [5, 5.41) is 10.9. The maximum absolute atomic E-state index is 9.77. The zero-order chi connectivity index (χ0) is 14.7. The van der Waals surface area contributed by atoms with Gasteiger partial charge in [0.15, 0.2) is 0 Å². The SMILES string of the molecule is Cc1ccc(C(C)O)c(OCc2c(Cl)cccc2Cl)c1. The van der Waals surface area contributed by atoms with Gasteiger partial charge in [0, 0.05) is 21.2 Å². The first-order valence-electron chi connectivity index (χ1n) is 6.33. The Bertz CT molecular complexity index is 589. The summed E-state index contributed by atoms with van der Waals surface area (Å²) in [6.07, 6.45) is -0.590. The van der Waals surface area contributed by atoms with Crippen LogP contribution >= 0.6 is 23.2 Å². The number of aliphatic hydroxyl groups excluding tert-OH is 1. The normalized spacial score (nSPS) is 12.2. The van der Waals surface area contributed by atoms with Gasteiger partial charge >= 0.3 is 0 Å². The Labute approximate surface area is 128 Å². The molecule has 106 valence electrons. The van der Waals surface area contributed by atoms with Crippen LogP contribution in [0.3, 0.4) is 0 Å². The van der Waals surface area contributed by atoms with Gasteiger partial charge in [0.1, 0.15) is 12.4 Å². The second-order valence-corrected chi connectivity index (χ2v) is 5.52. The van der Waals surface area contributed by atoms with Crippen LogP contribution in [0.15, 0.2) is 36.4 Å². The van der Waals surface area contributed by atoms with Crippen molar-refractivity contribution in [2.45, 2.75) is 26.6 Å². The van der Waals surface area contributed by atoms with Gasteiger partial charge in [-0.05, 0) is 37.6 Å². The van der Waals surface area contributed by atoms with Crippen molar-refractivity contribution in [3.05, 3.63) is 63.1 Å². The second-order valence-electron chi connectivity index (χ2n) is 4.71. The van der Waals surface area contributed by atoms with Gasteiger partial charge in [-0.25, -0.2) is 0 Å². The van der Waals surface area contributed by atoms with Crippen molar-refractivity contribution < 1.29 is 9.84 Å². The lowest BCUT2D eigenvalue weighted by molar-refractivity contribution is 0.190. The van der Waals surface area contributed by atoms with Crippen LogP contribution in [0.1, 0.15) is 29.7 Å². The third-order valence-electron chi connectivity index (χ3n) is 3.05. The average Bonchev–Trinajstić information content (AvgIpc) is 2.37. The van der Waals surface area contributed by atoms with E-state index < -0.39 is 6.10 Å². The summed E-state index contributed by atoms with van der Waals surface area (Å²) in [5.41, 5.74) is 2.56. The zero-order valence-corrected chi connectivity index (χ0v) is 12.9. The Balaban J connectivity index is 2.25. The van der Waals surface area contributed by atoms with Crippen LogP contribution < -0.4 is 4.74 Å². The Morgan fingerprint density at radius 1 is 1.15 bits per heavy atom. The van der Waals surface area contributed by atoms with E-state index in [2.05, 4.69) is 0 Å². The Kier molecular flexibility index (Phi) is 4.92. The molecule has 0 fully saturated rings.